The Balaban J connectivity index is 1.71. The molecule has 0 unspecified atom stereocenters. The molecule has 1 aromatic carbocycles. The highest BCUT2D eigenvalue weighted by molar-refractivity contribution is 5.90. The number of hydrazine groups is 1. The molecule has 2 aromatic rings. The van der Waals surface area contributed by atoms with E-state index >= 15 is 0 Å². The van der Waals surface area contributed by atoms with Crippen LogP contribution < -0.4 is 21.1 Å². The number of rotatable bonds is 8. The number of amides is 2. The summed E-state index contributed by atoms with van der Waals surface area (Å²) in [5, 5.41) is 12.6. The van der Waals surface area contributed by atoms with E-state index in [4.69, 9.17) is 15.8 Å². The summed E-state index contributed by atoms with van der Waals surface area (Å²) in [5.74, 6) is 5.11. The fraction of sp³-hybridized carbons (Fsp3) is 0.238. The molecule has 1 aliphatic heterocycles. The number of nitrogens with zero attached hydrogens (tertiary/aromatic N) is 5. The van der Waals surface area contributed by atoms with Gasteiger partial charge in [0.05, 0.1) is 42.3 Å². The Kier molecular flexibility index (Phi) is 6.87. The number of nitriles is 1. The first-order chi connectivity index (χ1) is 15.3. The molecule has 0 radical (unpaired) electrons. The van der Waals surface area contributed by atoms with Crippen molar-refractivity contribution in [3.63, 3.8) is 0 Å². The summed E-state index contributed by atoms with van der Waals surface area (Å²) in [7, 11) is 0. The van der Waals surface area contributed by atoms with Crippen molar-refractivity contribution in [1.29, 1.82) is 5.26 Å². The molecule has 3 N–H and O–H groups in total. The van der Waals surface area contributed by atoms with Crippen LogP contribution >= 0.6 is 0 Å². The molecular formula is C21H22FN7O3. The van der Waals surface area contributed by atoms with Crippen molar-refractivity contribution < 1.29 is 18.7 Å². The average molecular weight is 439 g/mol. The van der Waals surface area contributed by atoms with Crippen molar-refractivity contribution in [2.45, 2.75) is 19.6 Å². The van der Waals surface area contributed by atoms with Crippen LogP contribution in [-0.2, 0) is 16.1 Å². The van der Waals surface area contributed by atoms with Gasteiger partial charge in [0.2, 0.25) is 5.91 Å². The van der Waals surface area contributed by atoms with Gasteiger partial charge in [-0.15, -0.1) is 0 Å². The normalized spacial score (nSPS) is 15.8. The number of nitrogens with two attached hydrogens (primary N) is 1. The molecule has 2 amide bonds. The summed E-state index contributed by atoms with van der Waals surface area (Å²) in [5.41, 5.74) is 1.30. The van der Waals surface area contributed by atoms with Gasteiger partial charge in [0.25, 0.3) is 0 Å². The zero-order chi connectivity index (χ0) is 23.3. The van der Waals surface area contributed by atoms with Crippen molar-refractivity contribution in [3.05, 3.63) is 59.9 Å². The Hall–Kier alpha value is -4.17. The predicted octanol–water partition coefficient (Wildman–Crippen LogP) is 1.88. The third-order valence-corrected chi connectivity index (χ3v) is 4.69. The van der Waals surface area contributed by atoms with Crippen molar-refractivity contribution in [2.75, 3.05) is 23.0 Å². The Labute approximate surface area is 183 Å². The fourth-order valence-corrected chi connectivity index (χ4v) is 3.12. The number of nitrogens with one attached hydrogen (secondary N) is 1. The summed E-state index contributed by atoms with van der Waals surface area (Å²) in [6.07, 6.45) is 3.62. The number of hydrogen-bond donors (Lipinski definition) is 2. The lowest BCUT2D eigenvalue weighted by molar-refractivity contribution is -0.119. The van der Waals surface area contributed by atoms with Gasteiger partial charge in [0.1, 0.15) is 18.0 Å². The molecule has 1 atom stereocenters. The molecule has 166 valence electrons. The average Bonchev–Trinajstić information content (AvgIpc) is 3.37. The largest absolute Gasteiger partial charge is 0.442 e. The minimum Gasteiger partial charge on any atom is -0.442 e. The molecule has 0 saturated carbocycles. The predicted molar refractivity (Wildman–Crippen MR) is 116 cm³/mol. The second kappa shape index (κ2) is 9.76. The molecule has 2 heterocycles. The maximum absolute atomic E-state index is 14.8. The first-order valence-electron chi connectivity index (χ1n) is 9.60. The van der Waals surface area contributed by atoms with Gasteiger partial charge in [0, 0.05) is 25.5 Å². The van der Waals surface area contributed by atoms with Gasteiger partial charge in [-0.05, 0) is 31.0 Å². The molecule has 3 rings (SSSR count). The van der Waals surface area contributed by atoms with Crippen LogP contribution in [0.3, 0.4) is 0 Å². The van der Waals surface area contributed by atoms with Gasteiger partial charge < -0.3 is 14.6 Å². The molecule has 1 aromatic heterocycles. The van der Waals surface area contributed by atoms with Crippen LogP contribution in [0.25, 0.3) is 0 Å². The minimum atomic E-state index is -0.657. The quantitative estimate of drug-likeness (QED) is 0.367. The van der Waals surface area contributed by atoms with E-state index in [1.165, 1.54) is 30.2 Å². The van der Waals surface area contributed by atoms with Crippen molar-refractivity contribution in [2.24, 2.45) is 10.8 Å². The number of allylic oxidation sites excluding steroid dienone is 1. The van der Waals surface area contributed by atoms with Crippen LogP contribution in [-0.4, -0.2) is 42.5 Å². The van der Waals surface area contributed by atoms with Gasteiger partial charge in [0.15, 0.2) is 0 Å². The topological polar surface area (TPSA) is 129 Å². The molecule has 0 bridgehead atoms. The monoisotopic (exact) mass is 439 g/mol. The summed E-state index contributed by atoms with van der Waals surface area (Å²) < 4.78 is 21.7. The Morgan fingerprint density at radius 1 is 1.53 bits per heavy atom. The number of benzene rings is 1. The van der Waals surface area contributed by atoms with Gasteiger partial charge in [-0.2, -0.15) is 5.26 Å². The number of halogens is 1. The molecule has 0 spiro atoms. The van der Waals surface area contributed by atoms with Gasteiger partial charge >= 0.3 is 6.09 Å². The second-order valence-electron chi connectivity index (χ2n) is 7.06. The summed E-state index contributed by atoms with van der Waals surface area (Å²) in [6, 6.07) is 7.84. The number of aromatic nitrogens is 1. The first-order valence-corrected chi connectivity index (χ1v) is 9.60. The summed E-state index contributed by atoms with van der Waals surface area (Å²) in [6.45, 7) is 5.51. The third kappa shape index (κ3) is 5.30. The van der Waals surface area contributed by atoms with Crippen LogP contribution in [0.5, 0.6) is 0 Å². The number of hydrogen-bond acceptors (Lipinski definition) is 7. The molecule has 32 heavy (non-hydrogen) atoms. The molecule has 1 fully saturated rings. The van der Waals surface area contributed by atoms with E-state index in [9.17, 15) is 14.0 Å². The van der Waals surface area contributed by atoms with Crippen LogP contribution in [0.1, 0.15) is 12.5 Å². The maximum Gasteiger partial charge on any atom is 0.414 e. The number of cyclic esters (lactones) is 1. The van der Waals surface area contributed by atoms with Crippen LogP contribution in [0, 0.1) is 17.1 Å². The highest BCUT2D eigenvalue weighted by Gasteiger charge is 2.32. The number of aliphatic imine (C=N–C) groups is 1. The Morgan fingerprint density at radius 2 is 2.31 bits per heavy atom. The summed E-state index contributed by atoms with van der Waals surface area (Å²) >= 11 is 0. The van der Waals surface area contributed by atoms with Crippen molar-refractivity contribution in [3.8, 4) is 6.07 Å². The fourth-order valence-electron chi connectivity index (χ4n) is 3.12. The zero-order valence-electron chi connectivity index (χ0n) is 17.4. The Morgan fingerprint density at radius 3 is 2.94 bits per heavy atom. The van der Waals surface area contributed by atoms with E-state index in [1.54, 1.807) is 29.1 Å². The number of ether oxygens (including phenoxy) is 1. The minimum absolute atomic E-state index is 0.0579. The SMILES string of the molecule is C=N/C(=C\N(N)c1ccc(N2C[C@H](CNC(C)=O)OC2=O)cc1F)Cn1ccc(C#N)c1. The Bertz CT molecular complexity index is 1110. The molecule has 11 heteroatoms. The van der Waals surface area contributed by atoms with E-state index in [1.807, 2.05) is 6.07 Å². The number of carbonyl (C=O) groups excluding carboxylic acids is 2. The highest BCUT2D eigenvalue weighted by Crippen LogP contribution is 2.27. The second-order valence-corrected chi connectivity index (χ2v) is 7.06. The van der Waals surface area contributed by atoms with Crippen molar-refractivity contribution in [1.82, 2.24) is 9.88 Å². The lowest BCUT2D eigenvalue weighted by Gasteiger charge is -2.19. The van der Waals surface area contributed by atoms with Crippen LogP contribution in [0.2, 0.25) is 0 Å². The maximum atomic E-state index is 14.8. The van der Waals surface area contributed by atoms with E-state index in [2.05, 4.69) is 17.0 Å². The van der Waals surface area contributed by atoms with Gasteiger partial charge in [-0.25, -0.2) is 15.0 Å². The molecular weight excluding hydrogens is 417 g/mol. The van der Waals surface area contributed by atoms with Crippen LogP contribution in [0.15, 0.2) is 53.5 Å². The van der Waals surface area contributed by atoms with E-state index in [0.29, 0.717) is 16.9 Å². The van der Waals surface area contributed by atoms with E-state index in [0.717, 1.165) is 5.01 Å². The number of anilines is 2. The smallest absolute Gasteiger partial charge is 0.414 e. The molecule has 10 nitrogen and oxygen atoms in total. The number of carbonyl (C=O) groups is 2. The van der Waals surface area contributed by atoms with Gasteiger partial charge in [-0.1, -0.05) is 0 Å². The van der Waals surface area contributed by atoms with Crippen molar-refractivity contribution >= 4 is 30.1 Å². The molecule has 1 aliphatic rings. The molecule has 0 aliphatic carbocycles. The summed E-state index contributed by atoms with van der Waals surface area (Å²) in [4.78, 5) is 28.3. The van der Waals surface area contributed by atoms with Gasteiger partial charge in [-0.3, -0.25) is 19.7 Å². The lowest BCUT2D eigenvalue weighted by atomic mass is 10.2. The third-order valence-electron chi connectivity index (χ3n) is 4.69. The zero-order valence-corrected chi connectivity index (χ0v) is 17.4. The lowest BCUT2D eigenvalue weighted by Crippen LogP contribution is -2.33. The van der Waals surface area contributed by atoms with E-state index in [-0.39, 0.29) is 31.2 Å². The van der Waals surface area contributed by atoms with Crippen LogP contribution in [0.4, 0.5) is 20.6 Å². The highest BCUT2D eigenvalue weighted by atomic mass is 19.1. The first kappa shape index (κ1) is 22.5. The van der Waals surface area contributed by atoms with E-state index < -0.39 is 18.0 Å². The standard InChI is InChI=1S/C21H22FN7O3/c1-14(30)26-9-18-13-28(21(31)32-18)17-3-4-20(19(22)7-17)29(24)12-16(25-2)11-27-6-5-15(8-23)10-27/h3-7,10,12,18H,2,9,11,13,24H2,1H3,(H,26,30)/b16-12-/t18-/m0/s1. The molecule has 1 saturated heterocycles.